The maximum Gasteiger partial charge on any atom is 0.185 e. The first-order chi connectivity index (χ1) is 10.3. The molecule has 3 rings (SSSR count). The zero-order valence-electron chi connectivity index (χ0n) is 12.0. The first-order valence-corrected chi connectivity index (χ1v) is 9.05. The molecule has 21 heavy (non-hydrogen) atoms. The van der Waals surface area contributed by atoms with E-state index in [1.165, 1.54) is 9.75 Å². The summed E-state index contributed by atoms with van der Waals surface area (Å²) in [5, 5.41) is 4.11. The summed E-state index contributed by atoms with van der Waals surface area (Å²) in [6.07, 6.45) is 7.11. The Balaban J connectivity index is 1.93. The van der Waals surface area contributed by atoms with Gasteiger partial charge in [-0.1, -0.05) is 25.5 Å². The molecule has 0 amide bonds. The molecule has 2 aromatic rings. The molecule has 0 bridgehead atoms. The average molecular weight is 314 g/mol. The van der Waals surface area contributed by atoms with Crippen molar-refractivity contribution < 1.29 is 4.79 Å². The Morgan fingerprint density at radius 3 is 1.95 bits per heavy atom. The van der Waals surface area contributed by atoms with Crippen LogP contribution in [0.4, 0.5) is 0 Å². The molecule has 2 aromatic heterocycles. The van der Waals surface area contributed by atoms with Crippen LogP contribution in [0.2, 0.25) is 0 Å². The van der Waals surface area contributed by atoms with Gasteiger partial charge in [-0.25, -0.2) is 0 Å². The molecular weight excluding hydrogens is 296 g/mol. The van der Waals surface area contributed by atoms with E-state index in [0.717, 1.165) is 30.4 Å². The predicted octanol–water partition coefficient (Wildman–Crippen LogP) is 5.67. The molecule has 0 N–H and O–H groups in total. The van der Waals surface area contributed by atoms with Crippen LogP contribution in [0.5, 0.6) is 0 Å². The molecule has 2 heterocycles. The van der Waals surface area contributed by atoms with E-state index in [4.69, 9.17) is 0 Å². The van der Waals surface area contributed by atoms with Crippen LogP contribution >= 0.6 is 22.7 Å². The summed E-state index contributed by atoms with van der Waals surface area (Å²) in [6.45, 7) is 2.21. The molecule has 0 aliphatic heterocycles. The smallest absolute Gasteiger partial charge is 0.185 e. The molecule has 1 fully saturated rings. The second-order valence-electron chi connectivity index (χ2n) is 5.38. The summed E-state index contributed by atoms with van der Waals surface area (Å²) < 4.78 is 0. The van der Waals surface area contributed by atoms with Gasteiger partial charge >= 0.3 is 0 Å². The Labute approximate surface area is 133 Å². The van der Waals surface area contributed by atoms with Gasteiger partial charge in [-0.2, -0.15) is 0 Å². The number of ketones is 1. The van der Waals surface area contributed by atoms with Gasteiger partial charge in [0.15, 0.2) is 5.78 Å². The average Bonchev–Trinajstić information content (AvgIpc) is 3.16. The summed E-state index contributed by atoms with van der Waals surface area (Å²) in [5.41, 5.74) is 1.94. The fourth-order valence-corrected chi connectivity index (χ4v) is 4.08. The maximum atomic E-state index is 12.7. The second-order valence-corrected chi connectivity index (χ2v) is 7.34. The van der Waals surface area contributed by atoms with E-state index in [0.29, 0.717) is 5.92 Å². The Bertz CT molecular complexity index is 604. The highest BCUT2D eigenvalue weighted by Gasteiger charge is 2.26. The lowest BCUT2D eigenvalue weighted by Gasteiger charge is -2.24. The number of thiophene rings is 2. The Morgan fingerprint density at radius 1 is 1.05 bits per heavy atom. The van der Waals surface area contributed by atoms with Gasteiger partial charge in [-0.3, -0.25) is 4.79 Å². The largest absolute Gasteiger partial charge is 0.289 e. The molecule has 1 aliphatic rings. The number of hydrogen-bond donors (Lipinski definition) is 0. The molecular formula is C18H18OS2. The van der Waals surface area contributed by atoms with Gasteiger partial charge in [0, 0.05) is 20.9 Å². The van der Waals surface area contributed by atoms with Crippen molar-refractivity contribution in [3.05, 3.63) is 55.9 Å². The standard InChI is InChI=1S/C18H18OS2/c1-2-13-9-14(11-16-5-3-7-20-16)18(19)15(10-13)12-17-6-4-8-21-17/h3-8,11-13H,2,9-10H2,1H3/b14-11-,15-12+. The normalized spacial score (nSPS) is 23.1. The number of hydrogen-bond acceptors (Lipinski definition) is 3. The quantitative estimate of drug-likeness (QED) is 0.667. The van der Waals surface area contributed by atoms with E-state index in [2.05, 4.69) is 42.0 Å². The highest BCUT2D eigenvalue weighted by Crippen LogP contribution is 2.34. The van der Waals surface area contributed by atoms with Crippen molar-refractivity contribution in [3.63, 3.8) is 0 Å². The van der Waals surface area contributed by atoms with Crippen LogP contribution in [0.25, 0.3) is 12.2 Å². The number of carbonyl (C=O) groups is 1. The minimum absolute atomic E-state index is 0.238. The van der Waals surface area contributed by atoms with Gasteiger partial charge in [0.25, 0.3) is 0 Å². The van der Waals surface area contributed by atoms with Gasteiger partial charge in [-0.05, 0) is 53.8 Å². The summed E-state index contributed by atoms with van der Waals surface area (Å²) in [4.78, 5) is 15.1. The van der Waals surface area contributed by atoms with Crippen molar-refractivity contribution in [1.29, 1.82) is 0 Å². The molecule has 0 saturated heterocycles. The topological polar surface area (TPSA) is 17.1 Å². The van der Waals surface area contributed by atoms with E-state index in [9.17, 15) is 4.79 Å². The van der Waals surface area contributed by atoms with Crippen LogP contribution in [0.1, 0.15) is 35.9 Å². The molecule has 1 unspecified atom stereocenters. The fraction of sp³-hybridized carbons (Fsp3) is 0.278. The van der Waals surface area contributed by atoms with Crippen LogP contribution in [-0.4, -0.2) is 5.78 Å². The highest BCUT2D eigenvalue weighted by molar-refractivity contribution is 7.11. The molecule has 108 valence electrons. The zero-order valence-corrected chi connectivity index (χ0v) is 13.7. The van der Waals surface area contributed by atoms with E-state index in [1.807, 2.05) is 12.1 Å². The van der Waals surface area contributed by atoms with Gasteiger partial charge in [-0.15, -0.1) is 22.7 Å². The molecule has 1 atom stereocenters. The monoisotopic (exact) mass is 314 g/mol. The molecule has 3 heteroatoms. The SMILES string of the molecule is CCC1C/C(=C/c2cccs2)C(=O)/C(=C/c2cccs2)C1. The first kappa shape index (κ1) is 14.5. The lowest BCUT2D eigenvalue weighted by Crippen LogP contribution is -2.19. The summed E-state index contributed by atoms with van der Waals surface area (Å²) in [6, 6.07) is 8.21. The molecule has 1 nitrogen and oxygen atoms in total. The van der Waals surface area contributed by atoms with Crippen LogP contribution in [0.3, 0.4) is 0 Å². The zero-order chi connectivity index (χ0) is 14.7. The van der Waals surface area contributed by atoms with Gasteiger partial charge < -0.3 is 0 Å². The third kappa shape index (κ3) is 3.42. The minimum atomic E-state index is 0.238. The predicted molar refractivity (Wildman–Crippen MR) is 92.6 cm³/mol. The van der Waals surface area contributed by atoms with Crippen LogP contribution < -0.4 is 0 Å². The molecule has 0 aromatic carbocycles. The van der Waals surface area contributed by atoms with Crippen LogP contribution in [-0.2, 0) is 4.79 Å². The Hall–Kier alpha value is -1.45. The number of rotatable bonds is 3. The van der Waals surface area contributed by atoms with Gasteiger partial charge in [0.2, 0.25) is 0 Å². The maximum absolute atomic E-state index is 12.7. The molecule has 0 spiro atoms. The lowest BCUT2D eigenvalue weighted by molar-refractivity contribution is -0.113. The summed E-state index contributed by atoms with van der Waals surface area (Å²) in [5.74, 6) is 0.821. The van der Waals surface area contributed by atoms with Crippen molar-refractivity contribution in [3.8, 4) is 0 Å². The molecule has 1 aliphatic carbocycles. The van der Waals surface area contributed by atoms with Crippen molar-refractivity contribution >= 4 is 40.6 Å². The fourth-order valence-electron chi connectivity index (χ4n) is 2.71. The summed E-state index contributed by atoms with van der Waals surface area (Å²) in [7, 11) is 0. The van der Waals surface area contributed by atoms with Gasteiger partial charge in [0.1, 0.15) is 0 Å². The lowest BCUT2D eigenvalue weighted by atomic mass is 9.79. The van der Waals surface area contributed by atoms with E-state index < -0.39 is 0 Å². The van der Waals surface area contributed by atoms with Crippen molar-refractivity contribution in [2.45, 2.75) is 26.2 Å². The van der Waals surface area contributed by atoms with Crippen LogP contribution in [0, 0.1) is 5.92 Å². The van der Waals surface area contributed by atoms with Crippen molar-refractivity contribution in [2.75, 3.05) is 0 Å². The summed E-state index contributed by atoms with van der Waals surface area (Å²) >= 11 is 3.38. The van der Waals surface area contributed by atoms with E-state index in [-0.39, 0.29) is 5.78 Å². The third-order valence-corrected chi connectivity index (χ3v) is 5.54. The third-order valence-electron chi connectivity index (χ3n) is 3.90. The Morgan fingerprint density at radius 2 is 1.57 bits per heavy atom. The van der Waals surface area contributed by atoms with Crippen LogP contribution in [0.15, 0.2) is 46.2 Å². The van der Waals surface area contributed by atoms with Crippen molar-refractivity contribution in [1.82, 2.24) is 0 Å². The second kappa shape index (κ2) is 6.54. The first-order valence-electron chi connectivity index (χ1n) is 7.29. The van der Waals surface area contributed by atoms with E-state index in [1.54, 1.807) is 22.7 Å². The number of allylic oxidation sites excluding steroid dienone is 2. The van der Waals surface area contributed by atoms with E-state index >= 15 is 0 Å². The molecule has 0 radical (unpaired) electrons. The van der Waals surface area contributed by atoms with Gasteiger partial charge in [0.05, 0.1) is 0 Å². The molecule has 1 saturated carbocycles. The highest BCUT2D eigenvalue weighted by atomic mass is 32.1. The number of carbonyl (C=O) groups excluding carboxylic acids is 1. The number of Topliss-reactive ketones (excluding diaryl/α,β-unsaturated/α-hetero) is 1. The Kier molecular flexibility index (Phi) is 4.51. The van der Waals surface area contributed by atoms with Crippen molar-refractivity contribution in [2.24, 2.45) is 5.92 Å². The minimum Gasteiger partial charge on any atom is -0.289 e.